The van der Waals surface area contributed by atoms with Crippen molar-refractivity contribution in [3.05, 3.63) is 44.8 Å². The molecule has 0 spiro atoms. The summed E-state index contributed by atoms with van der Waals surface area (Å²) in [5.41, 5.74) is 0.104. The number of nitrogens with zero attached hydrogens (tertiary/aromatic N) is 2. The fourth-order valence-electron chi connectivity index (χ4n) is 3.60. The lowest BCUT2D eigenvalue weighted by Gasteiger charge is -2.36. The van der Waals surface area contributed by atoms with E-state index in [4.69, 9.17) is 10.1 Å². The van der Waals surface area contributed by atoms with Gasteiger partial charge in [-0.15, -0.1) is 11.3 Å². The summed E-state index contributed by atoms with van der Waals surface area (Å²) < 4.78 is 6.90. The average molecular weight is 546 g/mol. The maximum absolute atomic E-state index is 12.7. The van der Waals surface area contributed by atoms with Crippen LogP contribution in [0.15, 0.2) is 22.4 Å². The summed E-state index contributed by atoms with van der Waals surface area (Å²) in [6.07, 6.45) is 0.755. The Morgan fingerprint density at radius 3 is 2.61 bits per heavy atom. The number of hydrogen-bond donors (Lipinski definition) is 5. The molecule has 2 aromatic rings. The van der Waals surface area contributed by atoms with E-state index >= 15 is 0 Å². The van der Waals surface area contributed by atoms with Crippen LogP contribution in [-0.4, -0.2) is 57.3 Å². The maximum Gasteiger partial charge on any atom is 0.413 e. The van der Waals surface area contributed by atoms with Gasteiger partial charge in [-0.05, 0) is 27.7 Å². The Morgan fingerprint density at radius 1 is 1.24 bits per heavy atom. The van der Waals surface area contributed by atoms with Crippen LogP contribution < -0.4 is 26.7 Å². The second-order valence-corrected chi connectivity index (χ2v) is 10.7. The number of ether oxygens (including phenoxy) is 1. The normalized spacial score (nSPS) is 16.6. The minimum absolute atomic E-state index is 0.0744. The van der Waals surface area contributed by atoms with E-state index in [9.17, 15) is 24.0 Å². The lowest BCUT2D eigenvalue weighted by molar-refractivity contribution is -0.137. The van der Waals surface area contributed by atoms with Crippen molar-refractivity contribution in [1.29, 1.82) is 5.41 Å². The number of amides is 4. The third-order valence-electron chi connectivity index (χ3n) is 5.64. The number of aromatic nitrogens is 2. The highest BCUT2D eigenvalue weighted by molar-refractivity contribution is 7.14. The lowest BCUT2D eigenvalue weighted by atomic mass is 9.85. The summed E-state index contributed by atoms with van der Waals surface area (Å²) in [6, 6.07) is 0.482. The molecule has 1 aliphatic heterocycles. The summed E-state index contributed by atoms with van der Waals surface area (Å²) in [5, 5.41) is 20.2. The van der Waals surface area contributed by atoms with Crippen molar-refractivity contribution in [1.82, 2.24) is 25.5 Å². The average Bonchev–Trinajstić information content (AvgIpc) is 3.27. The number of ketones is 1. The smallest absolute Gasteiger partial charge is 0.413 e. The van der Waals surface area contributed by atoms with E-state index < -0.39 is 35.5 Å². The fraction of sp³-hybridized carbons (Fsp3) is 0.458. The lowest BCUT2D eigenvalue weighted by Crippen LogP contribution is -2.63. The molecule has 14 heteroatoms. The molecule has 0 radical (unpaired) electrons. The van der Waals surface area contributed by atoms with Gasteiger partial charge in [-0.2, -0.15) is 0 Å². The zero-order chi connectivity index (χ0) is 28.2. The number of aryl methyl sites for hydroxylation is 2. The SMILES string of the molecule is Cc1cn(C)c(CNC(=O)NC[C@H]2NC(=O)[C@H]2CC(=O)C(=N)c2csc(NC(=O)OC(C)(C)C)n2)cc1=O. The number of nitrogens with one attached hydrogen (secondary N) is 5. The molecule has 13 nitrogen and oxygen atoms in total. The van der Waals surface area contributed by atoms with E-state index in [1.54, 1.807) is 45.5 Å². The molecular weight excluding hydrogens is 514 g/mol. The van der Waals surface area contributed by atoms with Gasteiger partial charge in [-0.1, -0.05) is 0 Å². The Balaban J connectivity index is 1.47. The predicted octanol–water partition coefficient (Wildman–Crippen LogP) is 1.44. The highest BCUT2D eigenvalue weighted by Gasteiger charge is 2.41. The molecule has 0 unspecified atom stereocenters. The molecule has 204 valence electrons. The Labute approximate surface area is 222 Å². The van der Waals surface area contributed by atoms with E-state index in [1.807, 2.05) is 0 Å². The number of carbonyl (C=O) groups excluding carboxylic acids is 4. The molecule has 3 rings (SSSR count). The first-order chi connectivity index (χ1) is 17.7. The fourth-order valence-corrected chi connectivity index (χ4v) is 4.29. The van der Waals surface area contributed by atoms with Gasteiger partial charge in [0.15, 0.2) is 16.3 Å². The van der Waals surface area contributed by atoms with E-state index in [2.05, 4.69) is 26.3 Å². The van der Waals surface area contributed by atoms with Gasteiger partial charge in [0, 0.05) is 48.9 Å². The molecule has 0 aromatic carbocycles. The van der Waals surface area contributed by atoms with Gasteiger partial charge in [0.25, 0.3) is 0 Å². The Bertz CT molecular complexity index is 1330. The molecule has 1 fully saturated rings. The number of rotatable bonds is 9. The minimum Gasteiger partial charge on any atom is -0.444 e. The molecular formula is C24H31N7O6S. The van der Waals surface area contributed by atoms with Gasteiger partial charge >= 0.3 is 12.1 Å². The van der Waals surface area contributed by atoms with E-state index in [1.165, 1.54) is 11.4 Å². The zero-order valence-corrected chi connectivity index (χ0v) is 22.6. The van der Waals surface area contributed by atoms with Crippen LogP contribution in [0.1, 0.15) is 44.1 Å². The number of Topliss-reactive ketones (excluding diaryl/α,β-unsaturated/α-hetero) is 1. The van der Waals surface area contributed by atoms with E-state index in [-0.39, 0.29) is 47.4 Å². The summed E-state index contributed by atoms with van der Waals surface area (Å²) in [5.74, 6) is -1.65. The summed E-state index contributed by atoms with van der Waals surface area (Å²) >= 11 is 1.04. The molecule has 38 heavy (non-hydrogen) atoms. The van der Waals surface area contributed by atoms with Crippen molar-refractivity contribution < 1.29 is 23.9 Å². The van der Waals surface area contributed by atoms with Crippen molar-refractivity contribution >= 4 is 46.0 Å². The molecule has 0 aliphatic carbocycles. The highest BCUT2D eigenvalue weighted by Crippen LogP contribution is 2.22. The van der Waals surface area contributed by atoms with Crippen molar-refractivity contribution in [3.63, 3.8) is 0 Å². The number of carbonyl (C=O) groups is 4. The molecule has 1 saturated heterocycles. The van der Waals surface area contributed by atoms with Crippen molar-refractivity contribution in [2.75, 3.05) is 11.9 Å². The number of urea groups is 1. The standard InChI is InChI=1S/C24H31N7O6S/c1-12-10-31(5)13(6-17(12)32)8-26-21(35)27-9-15-14(20(34)28-15)7-18(33)19(25)16-11-38-22(29-16)30-23(36)37-24(2,3)4/h6,10-11,14-15,25H,7-9H2,1-5H3,(H,28,34)(H2,26,27,35)(H,29,30,36)/t14-,15+/m0/s1. The van der Waals surface area contributed by atoms with Crippen molar-refractivity contribution in [3.8, 4) is 0 Å². The molecule has 0 bridgehead atoms. The topological polar surface area (TPSA) is 184 Å². The highest BCUT2D eigenvalue weighted by atomic mass is 32.1. The van der Waals surface area contributed by atoms with Gasteiger partial charge in [-0.25, -0.2) is 14.6 Å². The van der Waals surface area contributed by atoms with E-state index in [0.717, 1.165) is 11.3 Å². The number of thiazole rings is 1. The first-order valence-corrected chi connectivity index (χ1v) is 12.7. The van der Waals surface area contributed by atoms with Crippen LogP contribution >= 0.6 is 11.3 Å². The van der Waals surface area contributed by atoms with Gasteiger partial charge in [-0.3, -0.25) is 25.1 Å². The molecule has 2 aromatic heterocycles. The van der Waals surface area contributed by atoms with Gasteiger partial charge in [0.1, 0.15) is 17.0 Å². The van der Waals surface area contributed by atoms with Crippen LogP contribution in [0.3, 0.4) is 0 Å². The van der Waals surface area contributed by atoms with Gasteiger partial charge in [0.05, 0.1) is 18.5 Å². The van der Waals surface area contributed by atoms with Crippen LogP contribution in [0, 0.1) is 18.3 Å². The molecule has 4 amide bonds. The quantitative estimate of drug-likeness (QED) is 0.233. The van der Waals surface area contributed by atoms with Gasteiger partial charge < -0.3 is 25.3 Å². The molecule has 1 aliphatic rings. The van der Waals surface area contributed by atoms with Crippen LogP contribution in [0.4, 0.5) is 14.7 Å². The van der Waals surface area contributed by atoms with Crippen LogP contribution in [0.5, 0.6) is 0 Å². The molecule has 3 heterocycles. The molecule has 2 atom stereocenters. The number of β-lactam (4-membered cyclic amide) rings is 1. The van der Waals surface area contributed by atoms with Crippen molar-refractivity contribution in [2.24, 2.45) is 13.0 Å². The molecule has 5 N–H and O–H groups in total. The minimum atomic E-state index is -0.709. The number of hydrogen-bond acceptors (Lipinski definition) is 9. The number of anilines is 1. The predicted molar refractivity (Wildman–Crippen MR) is 141 cm³/mol. The third kappa shape index (κ3) is 7.47. The first-order valence-electron chi connectivity index (χ1n) is 11.8. The van der Waals surface area contributed by atoms with Crippen molar-refractivity contribution in [2.45, 2.75) is 52.3 Å². The summed E-state index contributed by atoms with van der Waals surface area (Å²) in [7, 11) is 1.77. The first kappa shape index (κ1) is 28.5. The Hall–Kier alpha value is -4.07. The third-order valence-corrected chi connectivity index (χ3v) is 6.40. The summed E-state index contributed by atoms with van der Waals surface area (Å²) in [6.45, 7) is 7.07. The Kier molecular flexibility index (Phi) is 8.66. The van der Waals surface area contributed by atoms with E-state index in [0.29, 0.717) is 11.3 Å². The van der Waals surface area contributed by atoms with Crippen LogP contribution in [0.25, 0.3) is 0 Å². The second kappa shape index (κ2) is 11.5. The number of pyridine rings is 1. The largest absolute Gasteiger partial charge is 0.444 e. The zero-order valence-electron chi connectivity index (χ0n) is 21.8. The molecule has 0 saturated carbocycles. The monoisotopic (exact) mass is 545 g/mol. The van der Waals surface area contributed by atoms with Gasteiger partial charge in [0.2, 0.25) is 5.91 Å². The van der Waals surface area contributed by atoms with Crippen LogP contribution in [0.2, 0.25) is 0 Å². The van der Waals surface area contributed by atoms with Crippen LogP contribution in [-0.2, 0) is 27.9 Å². The maximum atomic E-state index is 12.7. The summed E-state index contributed by atoms with van der Waals surface area (Å²) in [4.78, 5) is 64.7. The second-order valence-electron chi connectivity index (χ2n) is 9.88. The Morgan fingerprint density at radius 2 is 1.95 bits per heavy atom.